The van der Waals surface area contributed by atoms with Gasteiger partial charge in [0.25, 0.3) is 0 Å². The van der Waals surface area contributed by atoms with Crippen LogP contribution in [0.3, 0.4) is 0 Å². The molecule has 2 rings (SSSR count). The number of carbonyl (C=O) groups is 1. The Balaban J connectivity index is 0.00000180. The Morgan fingerprint density at radius 1 is 1.47 bits per heavy atom. The lowest BCUT2D eigenvalue weighted by molar-refractivity contribution is -0.131. The predicted octanol–water partition coefficient (Wildman–Crippen LogP) is 2.67. The van der Waals surface area contributed by atoms with E-state index in [0.29, 0.717) is 5.75 Å². The molecular weight excluding hydrogens is 303 g/mol. The molecule has 0 aliphatic carbocycles. The Hall–Kier alpha value is -0.420. The monoisotopic (exact) mass is 320 g/mol. The van der Waals surface area contributed by atoms with Crippen LogP contribution >= 0.6 is 35.8 Å². The molecule has 0 bridgehead atoms. The molecule has 1 aromatic carbocycles. The Bertz CT molecular complexity index is 414. The molecule has 1 aromatic rings. The van der Waals surface area contributed by atoms with E-state index in [2.05, 4.69) is 12.2 Å². The minimum absolute atomic E-state index is 0. The first-order valence-corrected chi connectivity index (χ1v) is 7.42. The summed E-state index contributed by atoms with van der Waals surface area (Å²) in [5.74, 6) is 0.704. The number of piperazine rings is 1. The average molecular weight is 321 g/mol. The zero-order valence-corrected chi connectivity index (χ0v) is 13.2. The lowest BCUT2D eigenvalue weighted by atomic mass is 10.2. The van der Waals surface area contributed by atoms with Gasteiger partial charge in [-0.25, -0.2) is 0 Å². The van der Waals surface area contributed by atoms with Crippen LogP contribution in [0, 0.1) is 0 Å². The number of nitrogens with zero attached hydrogens (tertiary/aromatic N) is 1. The van der Waals surface area contributed by atoms with Crippen molar-refractivity contribution in [2.75, 3.05) is 25.4 Å². The zero-order valence-electron chi connectivity index (χ0n) is 10.8. The minimum Gasteiger partial charge on any atom is -0.337 e. The van der Waals surface area contributed by atoms with Gasteiger partial charge in [-0.15, -0.1) is 24.2 Å². The number of halogens is 2. The van der Waals surface area contributed by atoms with Crippen LogP contribution < -0.4 is 5.32 Å². The predicted molar refractivity (Wildman–Crippen MR) is 83.5 cm³/mol. The van der Waals surface area contributed by atoms with E-state index in [1.807, 2.05) is 29.2 Å². The number of nitrogens with one attached hydrogen (secondary N) is 1. The number of hydrogen-bond acceptors (Lipinski definition) is 3. The van der Waals surface area contributed by atoms with Crippen molar-refractivity contribution < 1.29 is 4.79 Å². The van der Waals surface area contributed by atoms with E-state index in [9.17, 15) is 4.79 Å². The first kappa shape index (κ1) is 16.6. The second-order valence-corrected chi connectivity index (χ2v) is 5.87. The molecule has 0 spiro atoms. The summed E-state index contributed by atoms with van der Waals surface area (Å²) in [6, 6.07) is 7.88. The van der Waals surface area contributed by atoms with Crippen LogP contribution in [0.5, 0.6) is 0 Å². The van der Waals surface area contributed by atoms with Crippen molar-refractivity contribution in [3.63, 3.8) is 0 Å². The molecule has 6 heteroatoms. The summed E-state index contributed by atoms with van der Waals surface area (Å²) in [4.78, 5) is 15.1. The van der Waals surface area contributed by atoms with E-state index in [0.717, 1.165) is 29.6 Å². The number of rotatable bonds is 3. The molecule has 1 aliphatic rings. The molecule has 1 saturated heterocycles. The molecule has 19 heavy (non-hydrogen) atoms. The van der Waals surface area contributed by atoms with Crippen molar-refractivity contribution in [2.45, 2.75) is 17.9 Å². The maximum atomic E-state index is 12.1. The van der Waals surface area contributed by atoms with Crippen molar-refractivity contribution in [3.8, 4) is 0 Å². The fourth-order valence-electron chi connectivity index (χ4n) is 1.97. The van der Waals surface area contributed by atoms with Gasteiger partial charge in [0.1, 0.15) is 0 Å². The lowest BCUT2D eigenvalue weighted by Gasteiger charge is -2.33. The van der Waals surface area contributed by atoms with Crippen molar-refractivity contribution in [1.29, 1.82) is 0 Å². The molecule has 3 nitrogen and oxygen atoms in total. The maximum absolute atomic E-state index is 12.1. The van der Waals surface area contributed by atoms with Gasteiger partial charge in [-0.05, 0) is 31.2 Å². The highest BCUT2D eigenvalue weighted by Crippen LogP contribution is 2.21. The topological polar surface area (TPSA) is 32.3 Å². The fourth-order valence-corrected chi connectivity index (χ4v) is 2.88. The van der Waals surface area contributed by atoms with Gasteiger partial charge in [-0.1, -0.05) is 11.6 Å². The molecule has 1 amide bonds. The Morgan fingerprint density at radius 3 is 2.79 bits per heavy atom. The molecular formula is C13H18Cl2N2OS. The third-order valence-corrected chi connectivity index (χ3v) is 4.25. The first-order valence-electron chi connectivity index (χ1n) is 6.05. The number of carbonyl (C=O) groups excluding carboxylic acids is 1. The highest BCUT2D eigenvalue weighted by molar-refractivity contribution is 8.00. The summed E-state index contributed by atoms with van der Waals surface area (Å²) in [5.41, 5.74) is 0. The van der Waals surface area contributed by atoms with Gasteiger partial charge in [-0.3, -0.25) is 4.79 Å². The molecule has 0 saturated carbocycles. The maximum Gasteiger partial charge on any atom is 0.233 e. The largest absolute Gasteiger partial charge is 0.337 e. The summed E-state index contributed by atoms with van der Waals surface area (Å²) < 4.78 is 0. The molecule has 0 unspecified atom stereocenters. The molecule has 1 fully saturated rings. The van der Waals surface area contributed by atoms with Crippen molar-refractivity contribution in [3.05, 3.63) is 29.3 Å². The summed E-state index contributed by atoms with van der Waals surface area (Å²) >= 11 is 7.39. The van der Waals surface area contributed by atoms with Gasteiger partial charge in [0.2, 0.25) is 5.91 Å². The van der Waals surface area contributed by atoms with E-state index in [1.54, 1.807) is 11.8 Å². The van der Waals surface area contributed by atoms with E-state index < -0.39 is 0 Å². The van der Waals surface area contributed by atoms with Crippen molar-refractivity contribution in [1.82, 2.24) is 10.2 Å². The smallest absolute Gasteiger partial charge is 0.233 e. The molecule has 1 atom stereocenters. The van der Waals surface area contributed by atoms with Gasteiger partial charge in [0.05, 0.1) is 5.75 Å². The van der Waals surface area contributed by atoms with Crippen LogP contribution in [0.4, 0.5) is 0 Å². The summed E-state index contributed by atoms with van der Waals surface area (Å²) in [6.07, 6.45) is 0. The first-order chi connectivity index (χ1) is 8.66. The highest BCUT2D eigenvalue weighted by Gasteiger charge is 2.22. The molecule has 1 aliphatic heterocycles. The van der Waals surface area contributed by atoms with Gasteiger partial charge in [0, 0.05) is 35.6 Å². The Morgan fingerprint density at radius 2 is 2.16 bits per heavy atom. The van der Waals surface area contributed by atoms with Crippen LogP contribution in [0.25, 0.3) is 0 Å². The molecule has 106 valence electrons. The van der Waals surface area contributed by atoms with Crippen LogP contribution in [0.15, 0.2) is 29.2 Å². The normalized spacial score (nSPS) is 18.8. The van der Waals surface area contributed by atoms with Crippen LogP contribution in [-0.2, 0) is 4.79 Å². The number of benzene rings is 1. The second kappa shape index (κ2) is 8.00. The number of amides is 1. The molecule has 1 heterocycles. The third kappa shape index (κ3) is 4.88. The van der Waals surface area contributed by atoms with E-state index in [1.165, 1.54) is 0 Å². The van der Waals surface area contributed by atoms with Crippen LogP contribution in [0.1, 0.15) is 6.92 Å². The molecule has 1 N–H and O–H groups in total. The summed E-state index contributed by atoms with van der Waals surface area (Å²) in [5, 5.41) is 4.01. The van der Waals surface area contributed by atoms with Crippen molar-refractivity contribution in [2.24, 2.45) is 0 Å². The summed E-state index contributed by atoms with van der Waals surface area (Å²) in [7, 11) is 0. The van der Waals surface area contributed by atoms with Gasteiger partial charge < -0.3 is 10.2 Å². The highest BCUT2D eigenvalue weighted by atomic mass is 35.5. The zero-order chi connectivity index (χ0) is 13.0. The Kier molecular flexibility index (Phi) is 7.00. The standard InChI is InChI=1S/C13H17ClN2OS.ClH/c1-10-8-15-6-7-16(10)13(17)9-18-12-4-2-11(14)3-5-12;/h2-5,10,15H,6-9H2,1H3;1H/t10-;/m0./s1. The number of thioether (sulfide) groups is 1. The number of hydrogen-bond donors (Lipinski definition) is 1. The Labute approximate surface area is 129 Å². The average Bonchev–Trinajstić information content (AvgIpc) is 2.38. The second-order valence-electron chi connectivity index (χ2n) is 4.38. The van der Waals surface area contributed by atoms with Crippen LogP contribution in [-0.4, -0.2) is 42.2 Å². The summed E-state index contributed by atoms with van der Waals surface area (Å²) in [6.45, 7) is 4.66. The third-order valence-electron chi connectivity index (χ3n) is 3.00. The molecule has 0 radical (unpaired) electrons. The SMILES string of the molecule is C[C@H]1CNCCN1C(=O)CSc1ccc(Cl)cc1.Cl. The van der Waals surface area contributed by atoms with Gasteiger partial charge in [0.15, 0.2) is 0 Å². The van der Waals surface area contributed by atoms with E-state index in [-0.39, 0.29) is 24.4 Å². The molecule has 0 aromatic heterocycles. The van der Waals surface area contributed by atoms with E-state index >= 15 is 0 Å². The van der Waals surface area contributed by atoms with E-state index in [4.69, 9.17) is 11.6 Å². The van der Waals surface area contributed by atoms with Gasteiger partial charge in [-0.2, -0.15) is 0 Å². The lowest BCUT2D eigenvalue weighted by Crippen LogP contribution is -2.52. The van der Waals surface area contributed by atoms with Gasteiger partial charge >= 0.3 is 0 Å². The fraction of sp³-hybridized carbons (Fsp3) is 0.462. The minimum atomic E-state index is 0. The van der Waals surface area contributed by atoms with Crippen LogP contribution in [0.2, 0.25) is 5.02 Å². The van der Waals surface area contributed by atoms with Crippen molar-refractivity contribution >= 4 is 41.7 Å². The quantitative estimate of drug-likeness (QED) is 0.869.